The minimum Gasteiger partial charge on any atom is -0.316 e. The number of carbonyl (C=O) groups is 2. The Bertz CT molecular complexity index is 172. The standard InChI is InChI=1S/C7H11NO2/c1-4-5-8(3)7(10)6(2)9/h4-5H,1-3H3/b5-4-. The number of rotatable bonds is 2. The first-order valence-corrected chi connectivity index (χ1v) is 3.00. The highest BCUT2D eigenvalue weighted by atomic mass is 16.2. The highest BCUT2D eigenvalue weighted by molar-refractivity contribution is 6.35. The summed E-state index contributed by atoms with van der Waals surface area (Å²) in [5.41, 5.74) is 0. The predicted octanol–water partition coefficient (Wildman–Crippen LogP) is 0.567. The second-order valence-corrected chi connectivity index (χ2v) is 1.95. The molecule has 0 aromatic rings. The van der Waals surface area contributed by atoms with Crippen LogP contribution in [0, 0.1) is 0 Å². The highest BCUT2D eigenvalue weighted by Crippen LogP contribution is 1.86. The first-order valence-electron chi connectivity index (χ1n) is 3.00. The fourth-order valence-corrected chi connectivity index (χ4v) is 0.540. The van der Waals surface area contributed by atoms with Crippen LogP contribution in [0.2, 0.25) is 0 Å². The third kappa shape index (κ3) is 2.44. The van der Waals surface area contributed by atoms with Crippen molar-refractivity contribution in [3.05, 3.63) is 12.3 Å². The number of carbonyl (C=O) groups excluding carboxylic acids is 2. The van der Waals surface area contributed by atoms with E-state index in [9.17, 15) is 9.59 Å². The van der Waals surface area contributed by atoms with Crippen molar-refractivity contribution in [1.29, 1.82) is 0 Å². The Morgan fingerprint density at radius 2 is 1.90 bits per heavy atom. The van der Waals surface area contributed by atoms with Gasteiger partial charge < -0.3 is 4.90 Å². The summed E-state index contributed by atoms with van der Waals surface area (Å²) in [6.45, 7) is 3.03. The number of hydrogen-bond donors (Lipinski definition) is 0. The monoisotopic (exact) mass is 141 g/mol. The molecule has 0 fully saturated rings. The molecule has 0 rings (SSSR count). The average Bonchev–Trinajstić information content (AvgIpc) is 1.87. The topological polar surface area (TPSA) is 37.4 Å². The van der Waals surface area contributed by atoms with Crippen molar-refractivity contribution in [2.45, 2.75) is 13.8 Å². The van der Waals surface area contributed by atoms with Crippen LogP contribution in [0.25, 0.3) is 0 Å². The molecular weight excluding hydrogens is 130 g/mol. The molecule has 56 valence electrons. The maximum atomic E-state index is 10.8. The van der Waals surface area contributed by atoms with E-state index < -0.39 is 11.7 Å². The zero-order valence-corrected chi connectivity index (χ0v) is 6.42. The van der Waals surface area contributed by atoms with Gasteiger partial charge in [-0.05, 0) is 6.92 Å². The molecule has 0 heterocycles. The molecule has 0 aliphatic heterocycles. The van der Waals surface area contributed by atoms with Crippen LogP contribution < -0.4 is 0 Å². The zero-order chi connectivity index (χ0) is 8.15. The SMILES string of the molecule is C/C=C\N(C)C(=O)C(C)=O. The fourth-order valence-electron chi connectivity index (χ4n) is 0.540. The molecule has 0 unspecified atom stereocenters. The van der Waals surface area contributed by atoms with Crippen LogP contribution in [0.5, 0.6) is 0 Å². The van der Waals surface area contributed by atoms with E-state index in [0.29, 0.717) is 0 Å². The van der Waals surface area contributed by atoms with Gasteiger partial charge in [0.1, 0.15) is 0 Å². The quantitative estimate of drug-likeness (QED) is 0.527. The van der Waals surface area contributed by atoms with Gasteiger partial charge in [-0.2, -0.15) is 0 Å². The molecule has 0 radical (unpaired) electrons. The minimum atomic E-state index is -0.488. The lowest BCUT2D eigenvalue weighted by molar-refractivity contribution is -0.141. The second kappa shape index (κ2) is 3.82. The summed E-state index contributed by atoms with van der Waals surface area (Å²) in [5.74, 6) is -0.932. The summed E-state index contributed by atoms with van der Waals surface area (Å²) in [6, 6.07) is 0. The van der Waals surface area contributed by atoms with Crippen LogP contribution in [-0.4, -0.2) is 23.6 Å². The number of ketones is 1. The summed E-state index contributed by atoms with van der Waals surface area (Å²) in [7, 11) is 1.55. The Balaban J connectivity index is 4.08. The average molecular weight is 141 g/mol. The molecule has 0 spiro atoms. The lowest BCUT2D eigenvalue weighted by Gasteiger charge is -2.07. The van der Waals surface area contributed by atoms with E-state index in [1.54, 1.807) is 26.2 Å². The van der Waals surface area contributed by atoms with Gasteiger partial charge in [0.05, 0.1) is 0 Å². The number of amides is 1. The molecule has 0 aromatic heterocycles. The number of allylic oxidation sites excluding steroid dienone is 1. The number of Topliss-reactive ketones (excluding diaryl/α,β-unsaturated/α-hetero) is 1. The van der Waals surface area contributed by atoms with Crippen molar-refractivity contribution in [3.63, 3.8) is 0 Å². The summed E-state index contributed by atoms with van der Waals surface area (Å²) in [4.78, 5) is 22.4. The molecule has 10 heavy (non-hydrogen) atoms. The van der Waals surface area contributed by atoms with Gasteiger partial charge in [-0.15, -0.1) is 0 Å². The maximum absolute atomic E-state index is 10.8. The van der Waals surface area contributed by atoms with E-state index in [0.717, 1.165) is 0 Å². The smallest absolute Gasteiger partial charge is 0.293 e. The normalized spacial score (nSPS) is 9.90. The van der Waals surface area contributed by atoms with Gasteiger partial charge in [0, 0.05) is 20.2 Å². The number of hydrogen-bond acceptors (Lipinski definition) is 2. The van der Waals surface area contributed by atoms with Gasteiger partial charge in [0.25, 0.3) is 5.91 Å². The number of nitrogens with zero attached hydrogens (tertiary/aromatic N) is 1. The Labute approximate surface area is 60.3 Å². The molecule has 0 atom stereocenters. The van der Waals surface area contributed by atoms with Crippen molar-refractivity contribution in [1.82, 2.24) is 4.90 Å². The Morgan fingerprint density at radius 3 is 2.20 bits per heavy atom. The predicted molar refractivity (Wildman–Crippen MR) is 38.3 cm³/mol. The second-order valence-electron chi connectivity index (χ2n) is 1.95. The van der Waals surface area contributed by atoms with Crippen LogP contribution in [0.4, 0.5) is 0 Å². The summed E-state index contributed by atoms with van der Waals surface area (Å²) >= 11 is 0. The first-order chi connectivity index (χ1) is 4.59. The largest absolute Gasteiger partial charge is 0.316 e. The number of likely N-dealkylation sites (N-methyl/N-ethyl adjacent to an activating group) is 1. The van der Waals surface area contributed by atoms with Gasteiger partial charge in [-0.3, -0.25) is 9.59 Å². The molecule has 0 aliphatic carbocycles. The minimum absolute atomic E-state index is 0.444. The van der Waals surface area contributed by atoms with Gasteiger partial charge in [0.2, 0.25) is 5.78 Å². The van der Waals surface area contributed by atoms with Crippen LogP contribution in [0.15, 0.2) is 12.3 Å². The molecule has 1 amide bonds. The molecule has 0 bridgehead atoms. The molecule has 0 N–H and O–H groups in total. The van der Waals surface area contributed by atoms with Crippen molar-refractivity contribution in [3.8, 4) is 0 Å². The fraction of sp³-hybridized carbons (Fsp3) is 0.429. The van der Waals surface area contributed by atoms with E-state index in [-0.39, 0.29) is 0 Å². The van der Waals surface area contributed by atoms with Crippen LogP contribution in [0.1, 0.15) is 13.8 Å². The van der Waals surface area contributed by atoms with E-state index in [2.05, 4.69) is 0 Å². The third-order valence-corrected chi connectivity index (χ3v) is 0.994. The van der Waals surface area contributed by atoms with Gasteiger partial charge in [-0.1, -0.05) is 6.08 Å². The Kier molecular flexibility index (Phi) is 3.39. The first kappa shape index (κ1) is 8.88. The van der Waals surface area contributed by atoms with Crippen LogP contribution in [0.3, 0.4) is 0 Å². The third-order valence-electron chi connectivity index (χ3n) is 0.994. The van der Waals surface area contributed by atoms with Crippen molar-refractivity contribution >= 4 is 11.7 Å². The van der Waals surface area contributed by atoms with E-state index in [1.807, 2.05) is 0 Å². The van der Waals surface area contributed by atoms with Gasteiger partial charge in [0.15, 0.2) is 0 Å². The lowest BCUT2D eigenvalue weighted by Crippen LogP contribution is -2.26. The maximum Gasteiger partial charge on any atom is 0.293 e. The van der Waals surface area contributed by atoms with Gasteiger partial charge >= 0.3 is 0 Å². The molecule has 0 saturated carbocycles. The summed E-state index contributed by atoms with van der Waals surface area (Å²) < 4.78 is 0. The van der Waals surface area contributed by atoms with Crippen molar-refractivity contribution in [2.75, 3.05) is 7.05 Å². The van der Waals surface area contributed by atoms with E-state index >= 15 is 0 Å². The summed E-state index contributed by atoms with van der Waals surface area (Å²) in [5, 5.41) is 0. The molecule has 0 aromatic carbocycles. The molecule has 3 nitrogen and oxygen atoms in total. The van der Waals surface area contributed by atoms with Gasteiger partial charge in [-0.25, -0.2) is 0 Å². The van der Waals surface area contributed by atoms with Crippen molar-refractivity contribution < 1.29 is 9.59 Å². The molecule has 3 heteroatoms. The Morgan fingerprint density at radius 1 is 1.40 bits per heavy atom. The van der Waals surface area contributed by atoms with E-state index in [1.165, 1.54) is 11.8 Å². The zero-order valence-electron chi connectivity index (χ0n) is 6.42. The van der Waals surface area contributed by atoms with Crippen molar-refractivity contribution in [2.24, 2.45) is 0 Å². The van der Waals surface area contributed by atoms with E-state index in [4.69, 9.17) is 0 Å². The molecule has 0 aliphatic rings. The lowest BCUT2D eigenvalue weighted by atomic mass is 10.4. The van der Waals surface area contributed by atoms with Crippen LogP contribution in [-0.2, 0) is 9.59 Å². The summed E-state index contributed by atoms with van der Waals surface area (Å²) in [6.07, 6.45) is 3.24. The molecular formula is C7H11NO2. The van der Waals surface area contributed by atoms with Crippen LogP contribution >= 0.6 is 0 Å². The Hall–Kier alpha value is -1.12. The highest BCUT2D eigenvalue weighted by Gasteiger charge is 2.09. The molecule has 0 saturated heterocycles.